The first-order chi connectivity index (χ1) is 12.5. The summed E-state index contributed by atoms with van der Waals surface area (Å²) in [5.41, 5.74) is 0.850. The van der Waals surface area contributed by atoms with Gasteiger partial charge in [0.05, 0.1) is 18.4 Å². The molecule has 0 saturated carbocycles. The second kappa shape index (κ2) is 7.51. The molecule has 9 heteroatoms. The molecule has 0 aliphatic rings. The summed E-state index contributed by atoms with van der Waals surface area (Å²) in [5.74, 6) is -3.28. The van der Waals surface area contributed by atoms with Gasteiger partial charge in [0.25, 0.3) is 5.91 Å². The van der Waals surface area contributed by atoms with Crippen LogP contribution in [0.25, 0.3) is 5.69 Å². The Morgan fingerprint density at radius 1 is 1.04 bits per heavy atom. The summed E-state index contributed by atoms with van der Waals surface area (Å²) < 4.78 is 27.4. The summed E-state index contributed by atoms with van der Waals surface area (Å²) in [6.45, 7) is -0.365. The van der Waals surface area contributed by atoms with Crippen LogP contribution in [0.1, 0.15) is 10.5 Å². The van der Waals surface area contributed by atoms with E-state index in [0.29, 0.717) is 0 Å². The highest BCUT2D eigenvalue weighted by atomic mass is 19.2. The lowest BCUT2D eigenvalue weighted by molar-refractivity contribution is -0.115. The third-order valence-corrected chi connectivity index (χ3v) is 3.36. The monoisotopic (exact) mass is 357 g/mol. The molecule has 0 saturated heterocycles. The minimum absolute atomic E-state index is 0.0366. The minimum Gasteiger partial charge on any atom is -0.342 e. The Morgan fingerprint density at radius 2 is 1.81 bits per heavy atom. The van der Waals surface area contributed by atoms with E-state index in [1.54, 1.807) is 12.1 Å². The van der Waals surface area contributed by atoms with E-state index in [1.165, 1.54) is 16.9 Å². The molecule has 3 rings (SSSR count). The lowest BCUT2D eigenvalue weighted by atomic mass is 10.3. The van der Waals surface area contributed by atoms with Crippen molar-refractivity contribution < 1.29 is 18.4 Å². The van der Waals surface area contributed by atoms with Crippen LogP contribution in [-0.2, 0) is 4.79 Å². The standard InChI is InChI=1S/C17H13F2N5O2/c18-13-7-6-11(8-14(13)19)21-16(25)9-20-17(26)15-10-24(23-22-15)12-4-2-1-3-5-12/h1-8,10H,9H2,(H,20,26)(H,21,25). The zero-order valence-electron chi connectivity index (χ0n) is 13.3. The van der Waals surface area contributed by atoms with Crippen molar-refractivity contribution in [3.63, 3.8) is 0 Å². The van der Waals surface area contributed by atoms with Gasteiger partial charge in [0.15, 0.2) is 17.3 Å². The van der Waals surface area contributed by atoms with Crippen LogP contribution >= 0.6 is 0 Å². The molecule has 0 spiro atoms. The SMILES string of the molecule is O=C(CNC(=O)c1cn(-c2ccccc2)nn1)Nc1ccc(F)c(F)c1. The van der Waals surface area contributed by atoms with Crippen molar-refractivity contribution >= 4 is 17.5 Å². The molecule has 7 nitrogen and oxygen atoms in total. The maximum absolute atomic E-state index is 13.1. The van der Waals surface area contributed by atoms with Gasteiger partial charge in [-0.15, -0.1) is 5.10 Å². The summed E-state index contributed by atoms with van der Waals surface area (Å²) in [5, 5.41) is 12.3. The highest BCUT2D eigenvalue weighted by Gasteiger charge is 2.13. The number of halogens is 2. The van der Waals surface area contributed by atoms with Gasteiger partial charge in [-0.25, -0.2) is 13.5 Å². The number of para-hydroxylation sites is 1. The van der Waals surface area contributed by atoms with Gasteiger partial charge in [0.1, 0.15) is 0 Å². The Hall–Kier alpha value is -3.62. The van der Waals surface area contributed by atoms with Gasteiger partial charge in [0, 0.05) is 11.8 Å². The lowest BCUT2D eigenvalue weighted by Crippen LogP contribution is -2.33. The Morgan fingerprint density at radius 3 is 2.54 bits per heavy atom. The molecule has 0 aliphatic heterocycles. The number of aromatic nitrogens is 3. The quantitative estimate of drug-likeness (QED) is 0.730. The van der Waals surface area contributed by atoms with Crippen molar-refractivity contribution in [3.05, 3.63) is 72.1 Å². The number of hydrogen-bond acceptors (Lipinski definition) is 4. The highest BCUT2D eigenvalue weighted by molar-refractivity contribution is 5.98. The van der Waals surface area contributed by atoms with E-state index >= 15 is 0 Å². The molecule has 26 heavy (non-hydrogen) atoms. The molecular weight excluding hydrogens is 344 g/mol. The fraction of sp³-hybridized carbons (Fsp3) is 0.0588. The Bertz CT molecular complexity index is 943. The first-order valence-electron chi connectivity index (χ1n) is 7.54. The van der Waals surface area contributed by atoms with Crippen molar-refractivity contribution in [1.82, 2.24) is 20.3 Å². The number of hydrogen-bond donors (Lipinski definition) is 2. The third-order valence-electron chi connectivity index (χ3n) is 3.36. The summed E-state index contributed by atoms with van der Waals surface area (Å²) >= 11 is 0. The average molecular weight is 357 g/mol. The van der Waals surface area contributed by atoms with Crippen LogP contribution in [0.5, 0.6) is 0 Å². The zero-order valence-corrected chi connectivity index (χ0v) is 13.3. The van der Waals surface area contributed by atoms with E-state index in [-0.39, 0.29) is 17.9 Å². The number of anilines is 1. The zero-order chi connectivity index (χ0) is 18.5. The second-order valence-corrected chi connectivity index (χ2v) is 5.24. The van der Waals surface area contributed by atoms with E-state index in [4.69, 9.17) is 0 Å². The van der Waals surface area contributed by atoms with Crippen molar-refractivity contribution in [2.24, 2.45) is 0 Å². The van der Waals surface area contributed by atoms with Gasteiger partial charge in [-0.05, 0) is 24.3 Å². The molecule has 0 fully saturated rings. The van der Waals surface area contributed by atoms with E-state index in [0.717, 1.165) is 17.8 Å². The molecule has 0 atom stereocenters. The summed E-state index contributed by atoms with van der Waals surface area (Å²) in [6, 6.07) is 12.0. The van der Waals surface area contributed by atoms with Crippen LogP contribution in [0, 0.1) is 11.6 Å². The van der Waals surface area contributed by atoms with E-state index in [2.05, 4.69) is 20.9 Å². The van der Waals surface area contributed by atoms with Crippen LogP contribution in [0.3, 0.4) is 0 Å². The first-order valence-corrected chi connectivity index (χ1v) is 7.54. The highest BCUT2D eigenvalue weighted by Crippen LogP contribution is 2.12. The molecule has 1 aromatic heterocycles. The third kappa shape index (κ3) is 4.07. The van der Waals surface area contributed by atoms with Gasteiger partial charge in [-0.1, -0.05) is 23.4 Å². The molecule has 2 amide bonds. The van der Waals surface area contributed by atoms with Gasteiger partial charge in [-0.3, -0.25) is 9.59 Å². The summed E-state index contributed by atoms with van der Waals surface area (Å²) in [7, 11) is 0. The molecule has 0 unspecified atom stereocenters. The van der Waals surface area contributed by atoms with E-state index < -0.39 is 23.4 Å². The Kier molecular flexibility index (Phi) is 4.97. The number of benzene rings is 2. The van der Waals surface area contributed by atoms with Crippen molar-refractivity contribution in [2.45, 2.75) is 0 Å². The normalized spacial score (nSPS) is 10.4. The molecule has 0 bridgehead atoms. The predicted octanol–water partition coefficient (Wildman–Crippen LogP) is 1.91. The minimum atomic E-state index is -1.08. The number of amides is 2. The second-order valence-electron chi connectivity index (χ2n) is 5.24. The smallest absolute Gasteiger partial charge is 0.273 e. The van der Waals surface area contributed by atoms with Crippen molar-refractivity contribution in [1.29, 1.82) is 0 Å². The van der Waals surface area contributed by atoms with Crippen molar-refractivity contribution in [2.75, 3.05) is 11.9 Å². The van der Waals surface area contributed by atoms with Crippen LogP contribution in [0.4, 0.5) is 14.5 Å². The van der Waals surface area contributed by atoms with Crippen LogP contribution in [-0.4, -0.2) is 33.4 Å². The lowest BCUT2D eigenvalue weighted by Gasteiger charge is -2.06. The van der Waals surface area contributed by atoms with Crippen LogP contribution in [0.2, 0.25) is 0 Å². The molecule has 2 N–H and O–H groups in total. The van der Waals surface area contributed by atoms with E-state index in [9.17, 15) is 18.4 Å². The molecule has 132 valence electrons. The number of nitrogens with one attached hydrogen (secondary N) is 2. The average Bonchev–Trinajstić information content (AvgIpc) is 3.14. The molecular formula is C17H13F2N5O2. The number of carbonyl (C=O) groups excluding carboxylic acids is 2. The van der Waals surface area contributed by atoms with Gasteiger partial charge in [-0.2, -0.15) is 0 Å². The molecule has 3 aromatic rings. The molecule has 0 aliphatic carbocycles. The Balaban J connectivity index is 1.56. The Labute approximate surface area is 146 Å². The fourth-order valence-corrected chi connectivity index (χ4v) is 2.10. The van der Waals surface area contributed by atoms with Crippen LogP contribution < -0.4 is 10.6 Å². The molecule has 1 heterocycles. The largest absolute Gasteiger partial charge is 0.342 e. The molecule has 0 radical (unpaired) electrons. The topological polar surface area (TPSA) is 88.9 Å². The van der Waals surface area contributed by atoms with Crippen LogP contribution in [0.15, 0.2) is 54.7 Å². The predicted molar refractivity (Wildman–Crippen MR) is 88.7 cm³/mol. The van der Waals surface area contributed by atoms with Crippen molar-refractivity contribution in [3.8, 4) is 5.69 Å². The summed E-state index contributed by atoms with van der Waals surface area (Å²) in [4.78, 5) is 23.8. The van der Waals surface area contributed by atoms with Gasteiger partial charge >= 0.3 is 0 Å². The van der Waals surface area contributed by atoms with Gasteiger partial charge in [0.2, 0.25) is 5.91 Å². The maximum Gasteiger partial charge on any atom is 0.273 e. The number of carbonyl (C=O) groups is 2. The first kappa shape index (κ1) is 17.2. The number of nitrogens with zero attached hydrogens (tertiary/aromatic N) is 3. The maximum atomic E-state index is 13.1. The fourth-order valence-electron chi connectivity index (χ4n) is 2.10. The number of rotatable bonds is 5. The molecule has 2 aromatic carbocycles. The van der Waals surface area contributed by atoms with Gasteiger partial charge < -0.3 is 10.6 Å². The van der Waals surface area contributed by atoms with E-state index in [1.807, 2.05) is 18.2 Å². The summed E-state index contributed by atoms with van der Waals surface area (Å²) in [6.07, 6.45) is 1.43.